The number of rotatable bonds is 5. The number of hydrogen-bond donors (Lipinski definition) is 2. The van der Waals surface area contributed by atoms with Gasteiger partial charge >= 0.3 is 5.97 Å². The highest BCUT2D eigenvalue weighted by atomic mass is 16.4. The van der Waals surface area contributed by atoms with E-state index < -0.39 is 5.97 Å². The summed E-state index contributed by atoms with van der Waals surface area (Å²) < 4.78 is 3.88. The molecule has 1 fully saturated rings. The van der Waals surface area contributed by atoms with Crippen LogP contribution in [0.4, 0.5) is 17.3 Å². The summed E-state index contributed by atoms with van der Waals surface area (Å²) in [7, 11) is 1.93. The van der Waals surface area contributed by atoms with E-state index in [9.17, 15) is 9.90 Å². The van der Waals surface area contributed by atoms with Crippen LogP contribution in [0.5, 0.6) is 0 Å². The summed E-state index contributed by atoms with van der Waals surface area (Å²) in [4.78, 5) is 23.3. The van der Waals surface area contributed by atoms with E-state index in [0.717, 1.165) is 60.2 Å². The highest BCUT2D eigenvalue weighted by Gasteiger charge is 2.26. The number of carboxylic acid groups (broad SMARTS) is 1. The maximum atomic E-state index is 11.5. The summed E-state index contributed by atoms with van der Waals surface area (Å²) >= 11 is 0. The second-order valence-electron chi connectivity index (χ2n) is 9.61. The number of pyridine rings is 1. The third-order valence-corrected chi connectivity index (χ3v) is 6.66. The third-order valence-electron chi connectivity index (χ3n) is 6.66. The Morgan fingerprint density at radius 2 is 1.88 bits per heavy atom. The van der Waals surface area contributed by atoms with Crippen LogP contribution in [0.15, 0.2) is 60.9 Å². The van der Waals surface area contributed by atoms with Crippen molar-refractivity contribution in [2.24, 2.45) is 12.5 Å². The van der Waals surface area contributed by atoms with Crippen LogP contribution in [-0.2, 0) is 7.05 Å². The second-order valence-corrected chi connectivity index (χ2v) is 9.61. The number of benzene rings is 1. The van der Waals surface area contributed by atoms with E-state index in [-0.39, 0.29) is 5.56 Å². The maximum Gasteiger partial charge on any atom is 0.335 e. The van der Waals surface area contributed by atoms with E-state index in [4.69, 9.17) is 4.98 Å². The number of hydrogen-bond acceptors (Lipinski definition) is 5. The van der Waals surface area contributed by atoms with E-state index in [0.29, 0.717) is 5.41 Å². The summed E-state index contributed by atoms with van der Waals surface area (Å²) in [5.41, 5.74) is 3.84. The topological polar surface area (TPSA) is 86.6 Å². The number of fused-ring (bicyclic) bond motifs is 1. The number of aromatic nitrogens is 4. The Balaban J connectivity index is 1.50. The Kier molecular flexibility index (Phi) is 5.43. The molecule has 0 bridgehead atoms. The number of carbonyl (C=O) groups is 1. The predicted molar refractivity (Wildman–Crippen MR) is 132 cm³/mol. The molecule has 8 nitrogen and oxygen atoms in total. The van der Waals surface area contributed by atoms with Crippen molar-refractivity contribution < 1.29 is 14.6 Å². The molecule has 0 radical (unpaired) electrons. The van der Waals surface area contributed by atoms with Gasteiger partial charge in [0.1, 0.15) is 11.6 Å². The molecule has 0 aliphatic carbocycles. The van der Waals surface area contributed by atoms with Crippen LogP contribution in [0.1, 0.15) is 37.0 Å². The van der Waals surface area contributed by atoms with Gasteiger partial charge in [-0.1, -0.05) is 26.0 Å². The molecule has 174 valence electrons. The molecule has 0 unspecified atom stereocenters. The molecule has 0 atom stereocenters. The molecule has 1 aromatic carbocycles. The minimum Gasteiger partial charge on any atom is -0.478 e. The molecule has 1 aliphatic heterocycles. The quantitative estimate of drug-likeness (QED) is 0.435. The molecule has 5 rings (SSSR count). The lowest BCUT2D eigenvalue weighted by molar-refractivity contribution is -0.730. The summed E-state index contributed by atoms with van der Waals surface area (Å²) in [5.74, 6) is 0.760. The lowest BCUT2D eigenvalue weighted by Gasteiger charge is -2.37. The first-order valence-corrected chi connectivity index (χ1v) is 11.5. The van der Waals surface area contributed by atoms with Crippen LogP contribution in [0.2, 0.25) is 0 Å². The van der Waals surface area contributed by atoms with Gasteiger partial charge in [-0.3, -0.25) is 0 Å². The zero-order valence-electron chi connectivity index (χ0n) is 19.7. The molecule has 4 aromatic rings. The zero-order chi connectivity index (χ0) is 23.9. The van der Waals surface area contributed by atoms with E-state index in [2.05, 4.69) is 35.1 Å². The Morgan fingerprint density at radius 1 is 1.12 bits per heavy atom. The average Bonchev–Trinajstić information content (AvgIpc) is 3.32. The minimum atomic E-state index is -0.950. The summed E-state index contributed by atoms with van der Waals surface area (Å²) in [5, 5.41) is 12.9. The standard InChI is InChI=1S/C26H28N6O2/c1-26(2)10-13-31(14-11-26)23-9-5-8-22(29-23)28-20-17-21(30(3)32-15-12-27-24(20)32)18-6-4-7-19(16-18)25(33)34/h4-9,12,15-17H,10-11,13-14H2,1-3H3,(H,33,34)/p+1. The molecule has 8 heteroatoms. The number of carboxylic acids is 1. The van der Waals surface area contributed by atoms with E-state index in [1.165, 1.54) is 0 Å². The van der Waals surface area contributed by atoms with Gasteiger partial charge in [-0.2, -0.15) is 0 Å². The molecular weight excluding hydrogens is 428 g/mol. The summed E-state index contributed by atoms with van der Waals surface area (Å²) in [6.45, 7) is 6.65. The van der Waals surface area contributed by atoms with Crippen LogP contribution in [0, 0.1) is 5.41 Å². The first-order valence-electron chi connectivity index (χ1n) is 11.5. The monoisotopic (exact) mass is 457 g/mol. The van der Waals surface area contributed by atoms with Gasteiger partial charge in [-0.05, 0) is 48.6 Å². The molecule has 3 aromatic heterocycles. The van der Waals surface area contributed by atoms with Gasteiger partial charge in [0.25, 0.3) is 0 Å². The highest BCUT2D eigenvalue weighted by molar-refractivity contribution is 5.89. The normalized spacial score (nSPS) is 15.4. The second kappa shape index (κ2) is 8.44. The Morgan fingerprint density at radius 3 is 2.65 bits per heavy atom. The van der Waals surface area contributed by atoms with Gasteiger partial charge in [-0.15, -0.1) is 9.20 Å². The fourth-order valence-corrected chi connectivity index (χ4v) is 4.46. The largest absolute Gasteiger partial charge is 0.478 e. The fourth-order valence-electron chi connectivity index (χ4n) is 4.46. The smallest absolute Gasteiger partial charge is 0.335 e. The molecule has 4 heterocycles. The predicted octanol–water partition coefficient (Wildman–Crippen LogP) is 4.29. The van der Waals surface area contributed by atoms with Crippen molar-refractivity contribution in [3.63, 3.8) is 0 Å². The lowest BCUT2D eigenvalue weighted by Crippen LogP contribution is -2.39. The van der Waals surface area contributed by atoms with Gasteiger partial charge in [0.2, 0.25) is 11.3 Å². The number of nitrogens with zero attached hydrogens (tertiary/aromatic N) is 5. The van der Waals surface area contributed by atoms with Crippen LogP contribution in [0.3, 0.4) is 0 Å². The zero-order valence-corrected chi connectivity index (χ0v) is 19.7. The SMILES string of the molecule is C[n+]1c(-c2cccc(C(=O)O)c2)cc(Nc2cccc(N3CCC(C)(C)CC3)n2)c2nccn21. The first-order chi connectivity index (χ1) is 16.3. The van der Waals surface area contributed by atoms with Gasteiger partial charge < -0.3 is 15.3 Å². The number of piperidine rings is 1. The number of aromatic carboxylic acids is 1. The van der Waals surface area contributed by atoms with Gasteiger partial charge in [-0.25, -0.2) is 14.8 Å². The lowest BCUT2D eigenvalue weighted by atomic mass is 9.83. The summed E-state index contributed by atoms with van der Waals surface area (Å²) in [6, 6.07) is 15.0. The molecule has 34 heavy (non-hydrogen) atoms. The Labute approximate surface area is 198 Å². The van der Waals surface area contributed by atoms with Crippen LogP contribution in [-0.4, -0.2) is 38.6 Å². The summed E-state index contributed by atoms with van der Waals surface area (Å²) in [6.07, 6.45) is 5.92. The van der Waals surface area contributed by atoms with Gasteiger partial charge in [0.05, 0.1) is 23.6 Å². The number of anilines is 3. The van der Waals surface area contributed by atoms with E-state index in [1.807, 2.05) is 46.7 Å². The van der Waals surface area contributed by atoms with E-state index >= 15 is 0 Å². The molecule has 0 spiro atoms. The third kappa shape index (κ3) is 4.19. The molecule has 1 aliphatic rings. The van der Waals surface area contributed by atoms with Crippen molar-refractivity contribution in [2.75, 3.05) is 23.3 Å². The molecule has 2 N–H and O–H groups in total. The van der Waals surface area contributed by atoms with Crippen LogP contribution < -0.4 is 14.9 Å². The van der Waals surface area contributed by atoms with Crippen LogP contribution >= 0.6 is 0 Å². The fraction of sp³-hybridized carbons (Fsp3) is 0.308. The first kappa shape index (κ1) is 21.9. The van der Waals surface area contributed by atoms with Crippen molar-refractivity contribution in [2.45, 2.75) is 26.7 Å². The maximum absolute atomic E-state index is 11.5. The molecular formula is C26H29N6O2+. The van der Waals surface area contributed by atoms with Crippen molar-refractivity contribution in [3.8, 4) is 11.3 Å². The number of aryl methyl sites for hydroxylation is 1. The van der Waals surface area contributed by atoms with Crippen LogP contribution in [0.25, 0.3) is 16.9 Å². The van der Waals surface area contributed by atoms with Gasteiger partial charge in [0, 0.05) is 24.7 Å². The average molecular weight is 458 g/mol. The molecule has 1 saturated heterocycles. The molecule has 0 amide bonds. The van der Waals surface area contributed by atoms with Crippen molar-refractivity contribution in [1.29, 1.82) is 0 Å². The number of imidazole rings is 1. The van der Waals surface area contributed by atoms with Crippen molar-refractivity contribution >= 4 is 28.9 Å². The van der Waals surface area contributed by atoms with Crippen molar-refractivity contribution in [3.05, 3.63) is 66.5 Å². The Hall–Kier alpha value is -3.94. The number of nitrogens with one attached hydrogen (secondary N) is 1. The minimum absolute atomic E-state index is 0.247. The highest BCUT2D eigenvalue weighted by Crippen LogP contribution is 2.32. The van der Waals surface area contributed by atoms with Crippen molar-refractivity contribution in [1.82, 2.24) is 14.5 Å². The molecule has 0 saturated carbocycles. The van der Waals surface area contributed by atoms with E-state index in [1.54, 1.807) is 24.4 Å². The Bertz CT molecular complexity index is 1370. The van der Waals surface area contributed by atoms with Gasteiger partial charge in [0.15, 0.2) is 7.05 Å².